The molecule has 0 saturated heterocycles. The van der Waals surface area contributed by atoms with Gasteiger partial charge in [-0.2, -0.15) is 0 Å². The number of rotatable bonds is 4. The van der Waals surface area contributed by atoms with Crippen molar-refractivity contribution >= 4 is 11.8 Å². The van der Waals surface area contributed by atoms with Gasteiger partial charge in [-0.3, -0.25) is 4.79 Å². The van der Waals surface area contributed by atoms with Gasteiger partial charge >= 0.3 is 5.97 Å². The molecule has 0 fully saturated rings. The van der Waals surface area contributed by atoms with Crippen LogP contribution in [-0.2, 0) is 16.0 Å². The first-order valence-electron chi connectivity index (χ1n) is 4.24. The number of Topliss-reactive ketones (excluding diaryl/α,β-unsaturated/α-hetero) is 1. The quantitative estimate of drug-likeness (QED) is 0.788. The molecule has 0 aliphatic rings. The van der Waals surface area contributed by atoms with Crippen molar-refractivity contribution in [3.63, 3.8) is 0 Å². The number of aliphatic carboxylic acids is 1. The van der Waals surface area contributed by atoms with Crippen LogP contribution in [0.4, 0.5) is 8.78 Å². The van der Waals surface area contributed by atoms with Crippen LogP contribution in [0.1, 0.15) is 5.56 Å². The first-order valence-corrected chi connectivity index (χ1v) is 4.24. The Morgan fingerprint density at radius 1 is 1.38 bits per heavy atom. The topological polar surface area (TPSA) is 63.6 Å². The van der Waals surface area contributed by atoms with Gasteiger partial charge in [0.15, 0.2) is 11.6 Å². The molecule has 1 rings (SSSR count). The molecule has 1 N–H and O–H groups in total. The molecule has 0 aliphatic heterocycles. The Morgan fingerprint density at radius 2 is 2.00 bits per heavy atom. The van der Waals surface area contributed by atoms with Crippen LogP contribution >= 0.6 is 0 Å². The molecule has 0 saturated carbocycles. The smallest absolute Gasteiger partial charge is 0.372 e. The summed E-state index contributed by atoms with van der Waals surface area (Å²) in [6.07, 6.45) is -0.748. The minimum absolute atomic E-state index is 0.0616. The molecule has 0 amide bonds. The number of hydrogen-bond donors (Lipinski definition) is 1. The van der Waals surface area contributed by atoms with Crippen LogP contribution in [-0.4, -0.2) is 24.0 Å². The molecule has 0 unspecified atom stereocenters. The highest BCUT2D eigenvalue weighted by molar-refractivity contribution is 6.33. The van der Waals surface area contributed by atoms with Crippen molar-refractivity contribution in [1.29, 1.82) is 0 Å². The molecule has 16 heavy (non-hydrogen) atoms. The van der Waals surface area contributed by atoms with Gasteiger partial charge in [-0.25, -0.2) is 13.6 Å². The molecule has 0 atom stereocenters. The van der Waals surface area contributed by atoms with E-state index in [9.17, 15) is 18.4 Å². The molecule has 0 radical (unpaired) electrons. The summed E-state index contributed by atoms with van der Waals surface area (Å²) >= 11 is 0. The van der Waals surface area contributed by atoms with E-state index in [4.69, 9.17) is 9.84 Å². The number of hydrogen-bond acceptors (Lipinski definition) is 3. The Morgan fingerprint density at radius 3 is 2.50 bits per heavy atom. The predicted octanol–water partition coefficient (Wildman–Crippen LogP) is 1.17. The maximum Gasteiger partial charge on any atom is 0.372 e. The van der Waals surface area contributed by atoms with Crippen LogP contribution < -0.4 is 4.74 Å². The first kappa shape index (κ1) is 12.1. The summed E-state index contributed by atoms with van der Waals surface area (Å²) in [6.45, 7) is 0. The Bertz CT molecular complexity index is 443. The zero-order valence-corrected chi connectivity index (χ0v) is 8.29. The summed E-state index contributed by atoms with van der Waals surface area (Å²) in [7, 11) is 1.21. The number of carboxylic acid groups (broad SMARTS) is 1. The Labute approximate surface area is 89.5 Å². The van der Waals surface area contributed by atoms with Crippen molar-refractivity contribution in [2.45, 2.75) is 6.42 Å². The van der Waals surface area contributed by atoms with Gasteiger partial charge in [-0.15, -0.1) is 0 Å². The van der Waals surface area contributed by atoms with Gasteiger partial charge in [-0.05, 0) is 12.1 Å². The van der Waals surface area contributed by atoms with Gasteiger partial charge in [0.1, 0.15) is 5.75 Å². The molecule has 0 aliphatic carbocycles. The average Bonchev–Trinajstić information content (AvgIpc) is 2.25. The fourth-order valence-corrected chi connectivity index (χ4v) is 1.17. The van der Waals surface area contributed by atoms with E-state index in [0.717, 1.165) is 12.1 Å². The Balaban J connectivity index is 3.15. The number of methoxy groups -OCH3 is 1. The van der Waals surface area contributed by atoms with Crippen LogP contribution in [0, 0.1) is 11.6 Å². The molecule has 1 aromatic rings. The average molecular weight is 230 g/mol. The monoisotopic (exact) mass is 230 g/mol. The second-order valence-corrected chi connectivity index (χ2v) is 2.95. The van der Waals surface area contributed by atoms with Gasteiger partial charge in [0.05, 0.1) is 7.11 Å². The maximum atomic E-state index is 13.3. The molecule has 4 nitrogen and oxygen atoms in total. The van der Waals surface area contributed by atoms with E-state index in [-0.39, 0.29) is 5.75 Å². The molecule has 0 bridgehead atoms. The summed E-state index contributed by atoms with van der Waals surface area (Å²) in [5, 5.41) is 8.36. The lowest BCUT2D eigenvalue weighted by Crippen LogP contribution is -2.16. The SMILES string of the molecule is COc1ccc(F)c(F)c1CC(=O)C(=O)O. The van der Waals surface area contributed by atoms with E-state index in [1.54, 1.807) is 0 Å². The van der Waals surface area contributed by atoms with E-state index in [0.29, 0.717) is 0 Å². The summed E-state index contributed by atoms with van der Waals surface area (Å²) < 4.78 is 30.8. The fourth-order valence-electron chi connectivity index (χ4n) is 1.17. The highest BCUT2D eigenvalue weighted by atomic mass is 19.2. The molecule has 6 heteroatoms. The first-order chi connectivity index (χ1) is 7.47. The van der Waals surface area contributed by atoms with E-state index in [1.807, 2.05) is 0 Å². The third-order valence-electron chi connectivity index (χ3n) is 1.95. The summed E-state index contributed by atoms with van der Waals surface area (Å²) in [6, 6.07) is 1.96. The maximum absolute atomic E-state index is 13.3. The van der Waals surface area contributed by atoms with Crippen molar-refractivity contribution in [2.24, 2.45) is 0 Å². The summed E-state index contributed by atoms with van der Waals surface area (Å²) in [5.74, 6) is -5.43. The minimum Gasteiger partial charge on any atom is -0.496 e. The molecule has 0 spiro atoms. The number of carbonyl (C=O) groups excluding carboxylic acids is 1. The lowest BCUT2D eigenvalue weighted by atomic mass is 10.1. The standard InChI is InChI=1S/C10H8F2O4/c1-16-8-3-2-6(11)9(12)5(8)4-7(13)10(14)15/h2-3H,4H2,1H3,(H,14,15). The number of halogens is 2. The third kappa shape index (κ3) is 2.33. The lowest BCUT2D eigenvalue weighted by Gasteiger charge is -2.08. The molecule has 0 heterocycles. The summed E-state index contributed by atoms with van der Waals surface area (Å²) in [5.41, 5.74) is -0.394. The number of benzene rings is 1. The highest BCUT2D eigenvalue weighted by Gasteiger charge is 2.20. The van der Waals surface area contributed by atoms with Crippen LogP contribution in [0.25, 0.3) is 0 Å². The molecular weight excluding hydrogens is 222 g/mol. The van der Waals surface area contributed by atoms with Crippen LogP contribution in [0.5, 0.6) is 5.75 Å². The van der Waals surface area contributed by atoms with Crippen molar-refractivity contribution < 1.29 is 28.2 Å². The Kier molecular flexibility index (Phi) is 3.55. The number of ether oxygens (including phenoxy) is 1. The third-order valence-corrected chi connectivity index (χ3v) is 1.95. The predicted molar refractivity (Wildman–Crippen MR) is 49.3 cm³/mol. The lowest BCUT2D eigenvalue weighted by molar-refractivity contribution is -0.148. The van der Waals surface area contributed by atoms with Gasteiger partial charge in [-0.1, -0.05) is 0 Å². The minimum atomic E-state index is -1.70. The van der Waals surface area contributed by atoms with Gasteiger partial charge in [0, 0.05) is 12.0 Å². The van der Waals surface area contributed by atoms with Crippen molar-refractivity contribution in [2.75, 3.05) is 7.11 Å². The van der Waals surface area contributed by atoms with Crippen LogP contribution in [0.2, 0.25) is 0 Å². The van der Waals surface area contributed by atoms with Crippen molar-refractivity contribution in [1.82, 2.24) is 0 Å². The van der Waals surface area contributed by atoms with E-state index >= 15 is 0 Å². The Hall–Kier alpha value is -1.98. The summed E-state index contributed by atoms with van der Waals surface area (Å²) in [4.78, 5) is 21.2. The number of carboxylic acids is 1. The second kappa shape index (κ2) is 4.69. The second-order valence-electron chi connectivity index (χ2n) is 2.95. The zero-order valence-electron chi connectivity index (χ0n) is 8.29. The van der Waals surface area contributed by atoms with E-state index in [2.05, 4.69) is 0 Å². The van der Waals surface area contributed by atoms with Crippen molar-refractivity contribution in [3.8, 4) is 5.75 Å². The number of carbonyl (C=O) groups is 2. The van der Waals surface area contributed by atoms with E-state index in [1.165, 1.54) is 7.11 Å². The molecular formula is C10H8F2O4. The highest BCUT2D eigenvalue weighted by Crippen LogP contribution is 2.24. The number of ketones is 1. The van der Waals surface area contributed by atoms with E-state index < -0.39 is 35.4 Å². The van der Waals surface area contributed by atoms with Crippen LogP contribution in [0.15, 0.2) is 12.1 Å². The van der Waals surface area contributed by atoms with Gasteiger partial charge in [0.2, 0.25) is 5.78 Å². The zero-order chi connectivity index (χ0) is 12.3. The largest absolute Gasteiger partial charge is 0.496 e. The fraction of sp³-hybridized carbons (Fsp3) is 0.200. The van der Waals surface area contributed by atoms with Crippen molar-refractivity contribution in [3.05, 3.63) is 29.3 Å². The van der Waals surface area contributed by atoms with Gasteiger partial charge < -0.3 is 9.84 Å². The normalized spacial score (nSPS) is 9.94. The molecule has 86 valence electrons. The molecule has 0 aromatic heterocycles. The van der Waals surface area contributed by atoms with Crippen LogP contribution in [0.3, 0.4) is 0 Å². The van der Waals surface area contributed by atoms with Gasteiger partial charge in [0.25, 0.3) is 0 Å². The molecule has 1 aromatic carbocycles.